The van der Waals surface area contributed by atoms with Crippen molar-refractivity contribution in [3.8, 4) is 0 Å². The van der Waals surface area contributed by atoms with Crippen LogP contribution in [0.5, 0.6) is 0 Å². The zero-order valence-corrected chi connectivity index (χ0v) is 13.5. The average Bonchev–Trinajstić information content (AvgIpc) is 3.00. The minimum atomic E-state index is -0.518. The van der Waals surface area contributed by atoms with Gasteiger partial charge in [0.05, 0.1) is 0 Å². The third-order valence-electron chi connectivity index (χ3n) is 4.43. The largest absolute Gasteiger partial charge is 0.345 e. The van der Waals surface area contributed by atoms with Gasteiger partial charge >= 0.3 is 0 Å². The van der Waals surface area contributed by atoms with Crippen LogP contribution < -0.4 is 10.6 Å². The van der Waals surface area contributed by atoms with Crippen molar-refractivity contribution in [2.45, 2.75) is 58.4 Å². The van der Waals surface area contributed by atoms with Crippen LogP contribution in [-0.2, 0) is 9.59 Å². The van der Waals surface area contributed by atoms with Crippen LogP contribution in [0.1, 0.15) is 51.0 Å². The number of nitrogens with one attached hydrogen (secondary N) is 2. The Morgan fingerprint density at radius 1 is 1.23 bits per heavy atom. The van der Waals surface area contributed by atoms with E-state index in [1.807, 2.05) is 31.2 Å². The highest BCUT2D eigenvalue weighted by atomic mass is 16.2. The van der Waals surface area contributed by atoms with Gasteiger partial charge in [0.25, 0.3) is 0 Å². The number of aryl methyl sites for hydroxylation is 1. The maximum Gasteiger partial charge on any atom is 0.246 e. The summed E-state index contributed by atoms with van der Waals surface area (Å²) in [4.78, 5) is 24.1. The number of benzene rings is 1. The Labute approximate surface area is 132 Å². The third kappa shape index (κ3) is 4.86. The van der Waals surface area contributed by atoms with Gasteiger partial charge in [-0.15, -0.1) is 0 Å². The van der Waals surface area contributed by atoms with E-state index < -0.39 is 6.04 Å². The van der Waals surface area contributed by atoms with Gasteiger partial charge in [0.15, 0.2) is 0 Å². The topological polar surface area (TPSA) is 58.2 Å². The first-order valence-electron chi connectivity index (χ1n) is 8.22. The highest BCUT2D eigenvalue weighted by Crippen LogP contribution is 2.28. The van der Waals surface area contributed by atoms with Crippen LogP contribution in [0.25, 0.3) is 0 Å². The first-order valence-corrected chi connectivity index (χ1v) is 8.22. The van der Waals surface area contributed by atoms with E-state index in [1.54, 1.807) is 6.92 Å². The summed E-state index contributed by atoms with van der Waals surface area (Å²) >= 11 is 0. The van der Waals surface area contributed by atoms with Crippen molar-refractivity contribution in [3.63, 3.8) is 0 Å². The molecule has 1 saturated carbocycles. The van der Waals surface area contributed by atoms with Gasteiger partial charge in [-0.1, -0.05) is 43.9 Å². The Balaban J connectivity index is 1.75. The Morgan fingerprint density at radius 2 is 1.91 bits per heavy atom. The normalized spacial score (nSPS) is 16.3. The second kappa shape index (κ2) is 7.97. The molecule has 0 aliphatic heterocycles. The van der Waals surface area contributed by atoms with Crippen LogP contribution in [0.3, 0.4) is 0 Å². The van der Waals surface area contributed by atoms with Crippen LogP contribution in [0.15, 0.2) is 24.3 Å². The van der Waals surface area contributed by atoms with E-state index in [4.69, 9.17) is 0 Å². The summed E-state index contributed by atoms with van der Waals surface area (Å²) in [6.07, 6.45) is 6.54. The van der Waals surface area contributed by atoms with Crippen LogP contribution >= 0.6 is 0 Å². The molecule has 0 bridgehead atoms. The molecule has 2 amide bonds. The molecule has 1 aliphatic rings. The fourth-order valence-corrected chi connectivity index (χ4v) is 2.97. The Morgan fingerprint density at radius 3 is 2.59 bits per heavy atom. The molecule has 1 fully saturated rings. The van der Waals surface area contributed by atoms with Crippen molar-refractivity contribution in [1.82, 2.24) is 5.32 Å². The van der Waals surface area contributed by atoms with E-state index in [9.17, 15) is 9.59 Å². The summed E-state index contributed by atoms with van der Waals surface area (Å²) in [7, 11) is 0. The summed E-state index contributed by atoms with van der Waals surface area (Å²) < 4.78 is 0. The molecule has 120 valence electrons. The van der Waals surface area contributed by atoms with Crippen molar-refractivity contribution >= 4 is 17.5 Å². The van der Waals surface area contributed by atoms with Gasteiger partial charge in [0, 0.05) is 12.1 Å². The maximum absolute atomic E-state index is 12.1. The summed E-state index contributed by atoms with van der Waals surface area (Å²) in [5.74, 6) is 0.490. The van der Waals surface area contributed by atoms with Gasteiger partial charge in [0.1, 0.15) is 6.04 Å². The van der Waals surface area contributed by atoms with E-state index in [2.05, 4.69) is 10.6 Å². The van der Waals surface area contributed by atoms with Gasteiger partial charge in [-0.25, -0.2) is 0 Å². The molecule has 4 nitrogen and oxygen atoms in total. The number of para-hydroxylation sites is 1. The van der Waals surface area contributed by atoms with Gasteiger partial charge in [-0.05, 0) is 37.8 Å². The number of hydrogen-bond donors (Lipinski definition) is 2. The lowest BCUT2D eigenvalue weighted by Crippen LogP contribution is -2.41. The lowest BCUT2D eigenvalue weighted by molar-refractivity contribution is -0.126. The number of carbonyl (C=O) groups is 2. The van der Waals surface area contributed by atoms with E-state index >= 15 is 0 Å². The SMILES string of the molecule is Cc1ccccc1NC(=O)C(C)NC(=O)CCC1CCCC1. The third-order valence-corrected chi connectivity index (χ3v) is 4.43. The number of carbonyl (C=O) groups excluding carboxylic acids is 2. The second-order valence-electron chi connectivity index (χ2n) is 6.28. The Bertz CT molecular complexity index is 522. The molecular weight excluding hydrogens is 276 g/mol. The molecule has 1 aromatic rings. The molecule has 1 aliphatic carbocycles. The number of rotatable bonds is 6. The molecular formula is C18H26N2O2. The molecule has 0 aromatic heterocycles. The molecule has 0 saturated heterocycles. The first-order chi connectivity index (χ1) is 10.6. The smallest absolute Gasteiger partial charge is 0.246 e. The van der Waals surface area contributed by atoms with E-state index in [0.29, 0.717) is 12.3 Å². The van der Waals surface area contributed by atoms with Crippen molar-refractivity contribution in [2.24, 2.45) is 5.92 Å². The molecule has 0 heterocycles. The van der Waals surface area contributed by atoms with E-state index in [-0.39, 0.29) is 11.8 Å². The summed E-state index contributed by atoms with van der Waals surface area (Å²) in [5, 5.41) is 5.65. The predicted octanol–water partition coefficient (Wildman–Crippen LogP) is 3.41. The van der Waals surface area contributed by atoms with Gasteiger partial charge in [-0.3, -0.25) is 9.59 Å². The fraction of sp³-hybridized carbons (Fsp3) is 0.556. The summed E-state index contributed by atoms with van der Waals surface area (Å²) in [5.41, 5.74) is 1.80. The summed E-state index contributed by atoms with van der Waals surface area (Å²) in [6, 6.07) is 7.10. The minimum Gasteiger partial charge on any atom is -0.345 e. The number of amides is 2. The molecule has 1 atom stereocenters. The van der Waals surface area contributed by atoms with Crippen LogP contribution in [0.2, 0.25) is 0 Å². The van der Waals surface area contributed by atoms with Crippen molar-refractivity contribution in [2.75, 3.05) is 5.32 Å². The molecule has 2 N–H and O–H groups in total. The number of anilines is 1. The Hall–Kier alpha value is -1.84. The molecule has 22 heavy (non-hydrogen) atoms. The monoisotopic (exact) mass is 302 g/mol. The average molecular weight is 302 g/mol. The maximum atomic E-state index is 12.1. The molecule has 0 radical (unpaired) electrons. The van der Waals surface area contributed by atoms with E-state index in [0.717, 1.165) is 17.7 Å². The molecule has 1 unspecified atom stereocenters. The van der Waals surface area contributed by atoms with Gasteiger partial charge in [0.2, 0.25) is 11.8 Å². The quantitative estimate of drug-likeness (QED) is 0.846. The van der Waals surface area contributed by atoms with Crippen molar-refractivity contribution < 1.29 is 9.59 Å². The van der Waals surface area contributed by atoms with Crippen molar-refractivity contribution in [1.29, 1.82) is 0 Å². The lowest BCUT2D eigenvalue weighted by Gasteiger charge is -2.16. The summed E-state index contributed by atoms with van der Waals surface area (Å²) in [6.45, 7) is 3.67. The zero-order chi connectivity index (χ0) is 15.9. The van der Waals surface area contributed by atoms with Crippen LogP contribution in [0, 0.1) is 12.8 Å². The highest BCUT2D eigenvalue weighted by Gasteiger charge is 2.19. The minimum absolute atomic E-state index is 0.0284. The first kappa shape index (κ1) is 16.5. The molecule has 0 spiro atoms. The van der Waals surface area contributed by atoms with Crippen LogP contribution in [-0.4, -0.2) is 17.9 Å². The predicted molar refractivity (Wildman–Crippen MR) is 88.6 cm³/mol. The Kier molecular flexibility index (Phi) is 5.99. The van der Waals surface area contributed by atoms with Crippen LogP contribution in [0.4, 0.5) is 5.69 Å². The van der Waals surface area contributed by atoms with Crippen molar-refractivity contribution in [3.05, 3.63) is 29.8 Å². The van der Waals surface area contributed by atoms with Gasteiger partial charge < -0.3 is 10.6 Å². The van der Waals surface area contributed by atoms with E-state index in [1.165, 1.54) is 25.7 Å². The zero-order valence-electron chi connectivity index (χ0n) is 13.5. The lowest BCUT2D eigenvalue weighted by atomic mass is 10.0. The standard InChI is InChI=1S/C18H26N2O2/c1-13-7-3-6-10-16(13)20-18(22)14(2)19-17(21)12-11-15-8-4-5-9-15/h3,6-7,10,14-15H,4-5,8-9,11-12H2,1-2H3,(H,19,21)(H,20,22). The number of hydrogen-bond acceptors (Lipinski definition) is 2. The second-order valence-corrected chi connectivity index (χ2v) is 6.28. The molecule has 1 aromatic carbocycles. The van der Waals surface area contributed by atoms with Gasteiger partial charge in [-0.2, -0.15) is 0 Å². The molecule has 2 rings (SSSR count). The molecule has 4 heteroatoms. The highest BCUT2D eigenvalue weighted by molar-refractivity contribution is 5.97. The fourth-order valence-electron chi connectivity index (χ4n) is 2.97.